The van der Waals surface area contributed by atoms with Crippen LogP contribution in [0.2, 0.25) is 0 Å². The van der Waals surface area contributed by atoms with E-state index in [9.17, 15) is 5.11 Å². The number of hydrazine groups is 1. The summed E-state index contributed by atoms with van der Waals surface area (Å²) in [6, 6.07) is 10.0. The van der Waals surface area contributed by atoms with Gasteiger partial charge in [-0.3, -0.25) is 0 Å². The molecule has 102 valence electrons. The Labute approximate surface area is 117 Å². The maximum Gasteiger partial charge on any atom is 0.144 e. The zero-order valence-electron chi connectivity index (χ0n) is 11.1. The van der Waals surface area contributed by atoms with Gasteiger partial charge < -0.3 is 10.5 Å². The molecule has 0 spiro atoms. The molecule has 2 unspecified atom stereocenters. The number of thioether (sulfide) groups is 1. The molecule has 0 bridgehead atoms. The smallest absolute Gasteiger partial charge is 0.144 e. The topological polar surface area (TPSA) is 71.2 Å². The highest BCUT2D eigenvalue weighted by Gasteiger charge is 2.12. The minimum Gasteiger partial charge on any atom is -0.392 e. The van der Waals surface area contributed by atoms with Crippen LogP contribution in [0.5, 0.6) is 0 Å². The number of aliphatic hydroxyl groups excluding tert-OH is 1. The average Bonchev–Trinajstić information content (AvgIpc) is 2.43. The minimum absolute atomic E-state index is 0.178. The van der Waals surface area contributed by atoms with Crippen LogP contribution in [0.4, 0.5) is 5.82 Å². The maximum absolute atomic E-state index is 9.52. The largest absolute Gasteiger partial charge is 0.392 e. The van der Waals surface area contributed by atoms with E-state index < -0.39 is 0 Å². The summed E-state index contributed by atoms with van der Waals surface area (Å²) in [7, 11) is 0. The lowest BCUT2D eigenvalue weighted by atomic mass is 10.1. The van der Waals surface area contributed by atoms with E-state index in [-0.39, 0.29) is 11.4 Å². The summed E-state index contributed by atoms with van der Waals surface area (Å²) in [6.07, 6.45) is -0.326. The van der Waals surface area contributed by atoms with Crippen LogP contribution < -0.4 is 11.3 Å². The van der Waals surface area contributed by atoms with E-state index in [1.807, 2.05) is 31.2 Å². The summed E-state index contributed by atoms with van der Waals surface area (Å²) in [5.74, 6) is 7.00. The molecule has 2 rings (SSSR count). The van der Waals surface area contributed by atoms with Crippen LogP contribution in [-0.4, -0.2) is 21.4 Å². The van der Waals surface area contributed by atoms with Gasteiger partial charge in [0.1, 0.15) is 5.82 Å². The molecule has 0 aliphatic carbocycles. The molecule has 4 nitrogen and oxygen atoms in total. The SMILES string of the molecule is CC(O)C(C)SCc1cc2ccccc2nc1NN. The highest BCUT2D eigenvalue weighted by Crippen LogP contribution is 2.26. The average molecular weight is 277 g/mol. The normalized spacial score (nSPS) is 14.3. The first kappa shape index (κ1) is 14.1. The summed E-state index contributed by atoms with van der Waals surface area (Å²) in [4.78, 5) is 4.50. The summed E-state index contributed by atoms with van der Waals surface area (Å²) >= 11 is 1.69. The highest BCUT2D eigenvalue weighted by molar-refractivity contribution is 7.99. The molecule has 1 aromatic carbocycles. The van der Waals surface area contributed by atoms with Crippen LogP contribution in [0, 0.1) is 0 Å². The van der Waals surface area contributed by atoms with Crippen LogP contribution in [0.15, 0.2) is 30.3 Å². The van der Waals surface area contributed by atoms with Crippen LogP contribution in [-0.2, 0) is 5.75 Å². The fraction of sp³-hybridized carbons (Fsp3) is 0.357. The molecule has 4 N–H and O–H groups in total. The molecule has 0 amide bonds. The predicted octanol–water partition coefficient (Wildman–Crippen LogP) is 2.52. The van der Waals surface area contributed by atoms with Gasteiger partial charge in [-0.25, -0.2) is 10.8 Å². The molecule has 19 heavy (non-hydrogen) atoms. The molecule has 0 fully saturated rings. The number of para-hydroxylation sites is 1. The van der Waals surface area contributed by atoms with Gasteiger partial charge >= 0.3 is 0 Å². The third kappa shape index (κ3) is 3.37. The zero-order chi connectivity index (χ0) is 13.8. The molecule has 0 saturated carbocycles. The number of pyridine rings is 1. The van der Waals surface area contributed by atoms with Gasteiger partial charge in [-0.05, 0) is 19.1 Å². The first-order valence-electron chi connectivity index (χ1n) is 6.26. The predicted molar refractivity (Wildman–Crippen MR) is 82.0 cm³/mol. The number of benzene rings is 1. The van der Waals surface area contributed by atoms with Crippen molar-refractivity contribution in [1.29, 1.82) is 0 Å². The van der Waals surface area contributed by atoms with E-state index in [4.69, 9.17) is 5.84 Å². The molecule has 2 atom stereocenters. The van der Waals surface area contributed by atoms with Crippen molar-refractivity contribution in [2.45, 2.75) is 31.0 Å². The van der Waals surface area contributed by atoms with E-state index in [1.54, 1.807) is 18.7 Å². The van der Waals surface area contributed by atoms with Gasteiger partial charge in [-0.15, -0.1) is 0 Å². The number of nitrogens with zero attached hydrogens (tertiary/aromatic N) is 1. The Hall–Kier alpha value is -1.30. The molecule has 0 aliphatic rings. The Balaban J connectivity index is 2.25. The van der Waals surface area contributed by atoms with Crippen molar-refractivity contribution in [2.75, 3.05) is 5.43 Å². The lowest BCUT2D eigenvalue weighted by Gasteiger charge is -2.15. The molecule has 1 heterocycles. The Kier molecular flexibility index (Phi) is 4.63. The van der Waals surface area contributed by atoms with Crippen molar-refractivity contribution in [2.24, 2.45) is 5.84 Å². The molecule has 0 radical (unpaired) electrons. The van der Waals surface area contributed by atoms with Crippen LogP contribution in [0.1, 0.15) is 19.4 Å². The van der Waals surface area contributed by atoms with Crippen LogP contribution in [0.25, 0.3) is 10.9 Å². The van der Waals surface area contributed by atoms with Gasteiger partial charge in [0, 0.05) is 22.0 Å². The van der Waals surface area contributed by atoms with E-state index in [0.29, 0.717) is 5.82 Å². The molecular weight excluding hydrogens is 258 g/mol. The number of aliphatic hydroxyl groups is 1. The van der Waals surface area contributed by atoms with E-state index in [1.165, 1.54) is 0 Å². The number of fused-ring (bicyclic) bond motifs is 1. The van der Waals surface area contributed by atoms with E-state index in [2.05, 4.69) is 16.5 Å². The quantitative estimate of drug-likeness (QED) is 0.578. The van der Waals surface area contributed by atoms with Crippen molar-refractivity contribution in [3.8, 4) is 0 Å². The molecule has 1 aromatic heterocycles. The summed E-state index contributed by atoms with van der Waals surface area (Å²) < 4.78 is 0. The maximum atomic E-state index is 9.52. The number of rotatable bonds is 5. The first-order valence-corrected chi connectivity index (χ1v) is 7.31. The van der Waals surface area contributed by atoms with Gasteiger partial charge in [-0.2, -0.15) is 11.8 Å². The number of nitrogen functional groups attached to an aromatic ring is 1. The molecular formula is C14H19N3OS. The Bertz CT molecular complexity index is 559. The van der Waals surface area contributed by atoms with Crippen LogP contribution >= 0.6 is 11.8 Å². The molecule has 0 aliphatic heterocycles. The number of aromatic nitrogens is 1. The van der Waals surface area contributed by atoms with Crippen molar-refractivity contribution in [3.05, 3.63) is 35.9 Å². The third-order valence-electron chi connectivity index (χ3n) is 3.12. The second-order valence-corrected chi connectivity index (χ2v) is 5.96. The lowest BCUT2D eigenvalue weighted by Crippen LogP contribution is -2.16. The zero-order valence-corrected chi connectivity index (χ0v) is 11.9. The van der Waals surface area contributed by atoms with Gasteiger partial charge in [0.15, 0.2) is 0 Å². The number of nitrogens with two attached hydrogens (primary N) is 1. The second-order valence-electron chi connectivity index (χ2n) is 4.59. The Morgan fingerprint density at radius 1 is 1.37 bits per heavy atom. The second kappa shape index (κ2) is 6.23. The fourth-order valence-corrected chi connectivity index (χ4v) is 2.70. The molecule has 2 aromatic rings. The summed E-state index contributed by atoms with van der Waals surface area (Å²) in [5, 5.41) is 10.8. The number of nitrogens with one attached hydrogen (secondary N) is 1. The standard InChI is InChI=1S/C14H19N3OS/c1-9(18)10(2)19-8-12-7-11-5-3-4-6-13(11)16-14(12)17-15/h3-7,9-10,18H,8,15H2,1-2H3,(H,16,17). The summed E-state index contributed by atoms with van der Waals surface area (Å²) in [5.41, 5.74) is 4.63. The van der Waals surface area contributed by atoms with Gasteiger partial charge in [0.25, 0.3) is 0 Å². The molecule has 0 saturated heterocycles. The lowest BCUT2D eigenvalue weighted by molar-refractivity contribution is 0.196. The van der Waals surface area contributed by atoms with E-state index >= 15 is 0 Å². The Morgan fingerprint density at radius 2 is 2.11 bits per heavy atom. The minimum atomic E-state index is -0.326. The first-order chi connectivity index (χ1) is 9.11. The van der Waals surface area contributed by atoms with Crippen molar-refractivity contribution < 1.29 is 5.11 Å². The van der Waals surface area contributed by atoms with Gasteiger partial charge in [0.05, 0.1) is 11.6 Å². The van der Waals surface area contributed by atoms with Crippen molar-refractivity contribution in [3.63, 3.8) is 0 Å². The Morgan fingerprint density at radius 3 is 2.79 bits per heavy atom. The summed E-state index contributed by atoms with van der Waals surface area (Å²) in [6.45, 7) is 3.82. The van der Waals surface area contributed by atoms with E-state index in [0.717, 1.165) is 22.2 Å². The van der Waals surface area contributed by atoms with Crippen molar-refractivity contribution >= 4 is 28.5 Å². The fourth-order valence-electron chi connectivity index (χ4n) is 1.76. The van der Waals surface area contributed by atoms with Crippen molar-refractivity contribution in [1.82, 2.24) is 4.98 Å². The molecule has 5 heteroatoms. The van der Waals surface area contributed by atoms with Gasteiger partial charge in [-0.1, -0.05) is 25.1 Å². The van der Waals surface area contributed by atoms with Crippen LogP contribution in [0.3, 0.4) is 0 Å². The highest BCUT2D eigenvalue weighted by atomic mass is 32.2. The monoisotopic (exact) mass is 277 g/mol. The number of hydrogen-bond acceptors (Lipinski definition) is 5. The number of hydrogen-bond donors (Lipinski definition) is 3. The number of anilines is 1. The third-order valence-corrected chi connectivity index (χ3v) is 4.52. The van der Waals surface area contributed by atoms with Gasteiger partial charge in [0.2, 0.25) is 0 Å².